The van der Waals surface area contributed by atoms with Crippen LogP contribution in [0, 0.1) is 0 Å². The molecule has 2 atom stereocenters. The monoisotopic (exact) mass is 521 g/mol. The molecule has 1 saturated heterocycles. The summed E-state index contributed by atoms with van der Waals surface area (Å²) >= 11 is 0. The Hall–Kier alpha value is -3.67. The lowest BCUT2D eigenvalue weighted by atomic mass is 9.76. The first-order valence-corrected chi connectivity index (χ1v) is 14.1. The summed E-state index contributed by atoms with van der Waals surface area (Å²) < 4.78 is 5.61. The molecule has 1 unspecified atom stereocenters. The maximum absolute atomic E-state index is 13.6. The molecule has 1 aliphatic rings. The van der Waals surface area contributed by atoms with Crippen molar-refractivity contribution < 1.29 is 9.53 Å². The van der Waals surface area contributed by atoms with E-state index in [0.29, 0.717) is 6.54 Å². The van der Waals surface area contributed by atoms with Crippen LogP contribution in [0.1, 0.15) is 60.5 Å². The third-order valence-electron chi connectivity index (χ3n) is 8.15. The minimum atomic E-state index is -0.242. The van der Waals surface area contributed by atoms with Gasteiger partial charge in [0.15, 0.2) is 0 Å². The Morgan fingerprint density at radius 2 is 1.67 bits per heavy atom. The van der Waals surface area contributed by atoms with Crippen molar-refractivity contribution >= 4 is 16.7 Å². The third-order valence-corrected chi connectivity index (χ3v) is 8.15. The van der Waals surface area contributed by atoms with Crippen molar-refractivity contribution in [1.29, 1.82) is 0 Å². The average molecular weight is 522 g/mol. The van der Waals surface area contributed by atoms with Gasteiger partial charge in [0.25, 0.3) is 5.91 Å². The predicted octanol–water partition coefficient (Wildman–Crippen LogP) is 6.83. The second-order valence-corrected chi connectivity index (χ2v) is 10.5. The molecule has 202 valence electrons. The Balaban J connectivity index is 1.43. The Morgan fingerprint density at radius 1 is 0.923 bits per heavy atom. The van der Waals surface area contributed by atoms with E-state index < -0.39 is 0 Å². The molecule has 0 bridgehead atoms. The number of carbonyl (C=O) groups is 1. The van der Waals surface area contributed by atoms with Crippen molar-refractivity contribution in [1.82, 2.24) is 15.8 Å². The normalized spacial score (nSPS) is 18.5. The quantitative estimate of drug-likeness (QED) is 0.240. The molecule has 2 N–H and O–H groups in total. The van der Waals surface area contributed by atoms with E-state index in [4.69, 9.17) is 4.74 Å². The van der Waals surface area contributed by atoms with E-state index in [0.717, 1.165) is 66.3 Å². The summed E-state index contributed by atoms with van der Waals surface area (Å²) in [5.41, 5.74) is 6.69. The van der Waals surface area contributed by atoms with Gasteiger partial charge in [-0.15, -0.1) is 0 Å². The topological polar surface area (TPSA) is 53.6 Å². The molecule has 0 radical (unpaired) electrons. The molecule has 0 saturated carbocycles. The van der Waals surface area contributed by atoms with E-state index in [2.05, 4.69) is 77.3 Å². The highest BCUT2D eigenvalue weighted by molar-refractivity contribution is 6.07. The molecule has 5 heteroatoms. The molecular weight excluding hydrogens is 482 g/mol. The fourth-order valence-corrected chi connectivity index (χ4v) is 6.07. The van der Waals surface area contributed by atoms with E-state index in [1.54, 1.807) is 7.11 Å². The average Bonchev–Trinajstić information content (AvgIpc) is 3.00. The number of rotatable bonds is 10. The van der Waals surface area contributed by atoms with Gasteiger partial charge < -0.3 is 10.1 Å². The number of fused-ring (bicyclic) bond motifs is 1. The molecule has 1 aliphatic heterocycles. The van der Waals surface area contributed by atoms with Crippen LogP contribution in [-0.4, -0.2) is 30.6 Å². The number of nitrogens with one attached hydrogen (secondary N) is 2. The van der Waals surface area contributed by atoms with Crippen molar-refractivity contribution in [2.24, 2.45) is 0 Å². The number of hydrogen-bond acceptors (Lipinski definition) is 4. The Labute approximate surface area is 232 Å². The highest BCUT2D eigenvalue weighted by atomic mass is 16.5. The fraction of sp³-hybridized carbons (Fsp3) is 0.324. The molecule has 0 spiro atoms. The fourth-order valence-electron chi connectivity index (χ4n) is 6.07. The molecule has 4 aromatic rings. The van der Waals surface area contributed by atoms with Crippen molar-refractivity contribution in [2.75, 3.05) is 13.7 Å². The Morgan fingerprint density at radius 3 is 2.49 bits per heavy atom. The molecular formula is C34H39N3O2. The van der Waals surface area contributed by atoms with E-state index in [1.165, 1.54) is 5.56 Å². The van der Waals surface area contributed by atoms with Crippen LogP contribution in [0.3, 0.4) is 0 Å². The molecule has 1 amide bonds. The number of hydrogen-bond donors (Lipinski definition) is 2. The number of para-hydroxylation sites is 1. The summed E-state index contributed by atoms with van der Waals surface area (Å²) in [7, 11) is 1.72. The summed E-state index contributed by atoms with van der Waals surface area (Å²) in [5.74, 6) is 0.882. The standard InChI is InChI=1S/C34H39N3O2/c1-3-29(36-33(38)31-20-13-16-26-14-7-9-19-30(26)31)24-34(28-17-5-4-6-18-28)22-11-12-23-37(34)35-25-27-15-8-10-21-32(27)39-2/h4-10,13-21,29,35H,3,11-12,22-25H2,1-2H3,(H,36,38)/t29?,34-/m0/s1. The van der Waals surface area contributed by atoms with E-state index in [1.807, 2.05) is 42.5 Å². The van der Waals surface area contributed by atoms with Gasteiger partial charge in [-0.25, -0.2) is 10.4 Å². The lowest BCUT2D eigenvalue weighted by Gasteiger charge is -2.49. The van der Waals surface area contributed by atoms with Crippen LogP contribution in [0.25, 0.3) is 10.8 Å². The van der Waals surface area contributed by atoms with E-state index in [-0.39, 0.29) is 17.5 Å². The van der Waals surface area contributed by atoms with Gasteiger partial charge >= 0.3 is 0 Å². The number of piperidine rings is 1. The molecule has 1 fully saturated rings. The largest absolute Gasteiger partial charge is 0.496 e. The number of hydrazine groups is 1. The summed E-state index contributed by atoms with van der Waals surface area (Å²) in [6.45, 7) is 3.79. The van der Waals surface area contributed by atoms with Crippen molar-refractivity contribution in [2.45, 2.75) is 57.2 Å². The van der Waals surface area contributed by atoms with Crippen LogP contribution < -0.4 is 15.5 Å². The zero-order valence-corrected chi connectivity index (χ0v) is 23.0. The Bertz CT molecular complexity index is 1380. The molecule has 0 aliphatic carbocycles. The van der Waals surface area contributed by atoms with Crippen LogP contribution in [0.15, 0.2) is 97.1 Å². The lowest BCUT2D eigenvalue weighted by Crippen LogP contribution is -2.58. The zero-order valence-electron chi connectivity index (χ0n) is 23.0. The van der Waals surface area contributed by atoms with Crippen molar-refractivity contribution in [3.8, 4) is 5.75 Å². The number of ether oxygens (including phenoxy) is 1. The summed E-state index contributed by atoms with van der Waals surface area (Å²) in [6, 6.07) is 33.0. The van der Waals surface area contributed by atoms with Gasteiger partial charge in [0.1, 0.15) is 5.75 Å². The van der Waals surface area contributed by atoms with E-state index in [9.17, 15) is 4.79 Å². The third kappa shape index (κ3) is 5.85. The number of amides is 1. The number of benzene rings is 4. The molecule has 0 aromatic heterocycles. The van der Waals surface area contributed by atoms with Gasteiger partial charge in [0.2, 0.25) is 0 Å². The highest BCUT2D eigenvalue weighted by Crippen LogP contribution is 2.41. The molecule has 5 nitrogen and oxygen atoms in total. The van der Waals surface area contributed by atoms with Gasteiger partial charge in [0.05, 0.1) is 12.6 Å². The maximum atomic E-state index is 13.6. The minimum absolute atomic E-state index is 0.00815. The van der Waals surface area contributed by atoms with Crippen LogP contribution in [-0.2, 0) is 12.1 Å². The summed E-state index contributed by atoms with van der Waals surface area (Å²) in [5, 5.41) is 7.92. The molecule has 4 aromatic carbocycles. The van der Waals surface area contributed by atoms with Gasteiger partial charge in [-0.1, -0.05) is 91.9 Å². The van der Waals surface area contributed by atoms with Crippen LogP contribution in [0.5, 0.6) is 5.75 Å². The predicted molar refractivity (Wildman–Crippen MR) is 159 cm³/mol. The maximum Gasteiger partial charge on any atom is 0.252 e. The van der Waals surface area contributed by atoms with Gasteiger partial charge in [0, 0.05) is 30.3 Å². The SMILES string of the molecule is CCC(C[C@]1(c2ccccc2)CCCCN1NCc1ccccc1OC)NC(=O)c1cccc2ccccc12. The summed E-state index contributed by atoms with van der Waals surface area (Å²) in [6.07, 6.45) is 4.98. The van der Waals surface area contributed by atoms with Crippen molar-refractivity contribution in [3.05, 3.63) is 114 Å². The van der Waals surface area contributed by atoms with Gasteiger partial charge in [-0.3, -0.25) is 4.79 Å². The van der Waals surface area contributed by atoms with Gasteiger partial charge in [-0.05, 0) is 60.6 Å². The first-order chi connectivity index (χ1) is 19.1. The zero-order chi connectivity index (χ0) is 27.1. The smallest absolute Gasteiger partial charge is 0.252 e. The second kappa shape index (κ2) is 12.5. The van der Waals surface area contributed by atoms with Crippen molar-refractivity contribution in [3.63, 3.8) is 0 Å². The number of methoxy groups -OCH3 is 1. The number of nitrogens with zero attached hydrogens (tertiary/aromatic N) is 1. The highest BCUT2D eigenvalue weighted by Gasteiger charge is 2.42. The Kier molecular flexibility index (Phi) is 8.60. The van der Waals surface area contributed by atoms with Crippen LogP contribution in [0.4, 0.5) is 0 Å². The number of carbonyl (C=O) groups excluding carboxylic acids is 1. The second-order valence-electron chi connectivity index (χ2n) is 10.5. The molecule has 1 heterocycles. The van der Waals surface area contributed by atoms with Gasteiger partial charge in [-0.2, -0.15) is 0 Å². The first kappa shape index (κ1) is 26.9. The van der Waals surface area contributed by atoms with E-state index >= 15 is 0 Å². The minimum Gasteiger partial charge on any atom is -0.496 e. The van der Waals surface area contributed by atoms with Crippen LogP contribution >= 0.6 is 0 Å². The van der Waals surface area contributed by atoms with Crippen LogP contribution in [0.2, 0.25) is 0 Å². The molecule has 5 rings (SSSR count). The first-order valence-electron chi connectivity index (χ1n) is 14.1. The molecule has 39 heavy (non-hydrogen) atoms. The summed E-state index contributed by atoms with van der Waals surface area (Å²) in [4.78, 5) is 13.6. The lowest BCUT2D eigenvalue weighted by molar-refractivity contribution is -0.0209.